The standard InChI is InChI=1S/C20H22F2N4O3S/c21-15-4-5-17(22)19(13-15)30(28,29)26-11-9-24(10-12-26)18-6-8-25(20(18)27)14-16-3-1-2-7-23-16/h1-5,7,13,18H,6,8-12,14H2. The van der Waals surface area contributed by atoms with Gasteiger partial charge in [-0.05, 0) is 36.8 Å². The highest BCUT2D eigenvalue weighted by Crippen LogP contribution is 2.25. The van der Waals surface area contributed by atoms with Gasteiger partial charge in [0.1, 0.15) is 16.5 Å². The van der Waals surface area contributed by atoms with Crippen LogP contribution in [0.25, 0.3) is 0 Å². The summed E-state index contributed by atoms with van der Waals surface area (Å²) >= 11 is 0. The van der Waals surface area contributed by atoms with E-state index in [2.05, 4.69) is 4.98 Å². The number of piperazine rings is 1. The molecular formula is C20H22F2N4O3S. The Labute approximate surface area is 174 Å². The van der Waals surface area contributed by atoms with E-state index in [1.807, 2.05) is 23.1 Å². The molecule has 0 aliphatic carbocycles. The number of carbonyl (C=O) groups is 1. The van der Waals surface area contributed by atoms with E-state index in [-0.39, 0.29) is 25.0 Å². The molecule has 2 saturated heterocycles. The fourth-order valence-corrected chi connectivity index (χ4v) is 5.47. The largest absolute Gasteiger partial charge is 0.335 e. The molecule has 1 amide bonds. The number of rotatable bonds is 5. The maximum Gasteiger partial charge on any atom is 0.246 e. The number of halogens is 2. The summed E-state index contributed by atoms with van der Waals surface area (Å²) in [6.07, 6.45) is 2.35. The highest BCUT2D eigenvalue weighted by Gasteiger charge is 2.39. The Morgan fingerprint density at radius 2 is 1.80 bits per heavy atom. The van der Waals surface area contributed by atoms with Crippen LogP contribution >= 0.6 is 0 Å². The predicted molar refractivity (Wildman–Crippen MR) is 105 cm³/mol. The van der Waals surface area contributed by atoms with Gasteiger partial charge < -0.3 is 4.90 Å². The minimum absolute atomic E-state index is 0.00753. The molecule has 1 aromatic heterocycles. The Kier molecular flexibility index (Phi) is 5.81. The number of amides is 1. The van der Waals surface area contributed by atoms with Crippen LogP contribution in [0.15, 0.2) is 47.5 Å². The third kappa shape index (κ3) is 4.07. The SMILES string of the molecule is O=C1C(N2CCN(S(=O)(=O)c3cc(F)ccc3F)CC2)CCN1Cc1ccccn1. The summed E-state index contributed by atoms with van der Waals surface area (Å²) in [5.74, 6) is -1.78. The van der Waals surface area contributed by atoms with Gasteiger partial charge in [-0.15, -0.1) is 0 Å². The summed E-state index contributed by atoms with van der Waals surface area (Å²) in [4.78, 5) is 20.2. The van der Waals surface area contributed by atoms with Crippen LogP contribution in [0.5, 0.6) is 0 Å². The molecule has 4 rings (SSSR count). The molecule has 1 atom stereocenters. The first kappa shape index (κ1) is 20.8. The van der Waals surface area contributed by atoms with Crippen molar-refractivity contribution in [2.75, 3.05) is 32.7 Å². The van der Waals surface area contributed by atoms with Crippen LogP contribution < -0.4 is 0 Å². The molecule has 0 bridgehead atoms. The first-order valence-electron chi connectivity index (χ1n) is 9.74. The first-order chi connectivity index (χ1) is 14.4. The average molecular weight is 436 g/mol. The molecule has 0 radical (unpaired) electrons. The lowest BCUT2D eigenvalue weighted by atomic mass is 10.2. The van der Waals surface area contributed by atoms with Crippen molar-refractivity contribution in [3.63, 3.8) is 0 Å². The van der Waals surface area contributed by atoms with E-state index in [9.17, 15) is 22.0 Å². The van der Waals surface area contributed by atoms with Crippen LogP contribution in [0.3, 0.4) is 0 Å². The van der Waals surface area contributed by atoms with E-state index < -0.39 is 26.6 Å². The van der Waals surface area contributed by atoms with Gasteiger partial charge in [-0.2, -0.15) is 4.31 Å². The van der Waals surface area contributed by atoms with E-state index in [4.69, 9.17) is 0 Å². The third-order valence-corrected chi connectivity index (χ3v) is 7.49. The number of sulfonamides is 1. The van der Waals surface area contributed by atoms with Crippen LogP contribution in [-0.2, 0) is 21.4 Å². The molecule has 2 aliphatic heterocycles. The van der Waals surface area contributed by atoms with Gasteiger partial charge in [-0.1, -0.05) is 6.07 Å². The van der Waals surface area contributed by atoms with E-state index in [1.54, 1.807) is 11.1 Å². The average Bonchev–Trinajstić information content (AvgIpc) is 3.10. The second-order valence-electron chi connectivity index (χ2n) is 7.40. The van der Waals surface area contributed by atoms with Gasteiger partial charge >= 0.3 is 0 Å². The summed E-state index contributed by atoms with van der Waals surface area (Å²) in [5, 5.41) is 0. The Morgan fingerprint density at radius 3 is 2.50 bits per heavy atom. The zero-order valence-corrected chi connectivity index (χ0v) is 17.1. The van der Waals surface area contributed by atoms with Crippen molar-refractivity contribution in [2.24, 2.45) is 0 Å². The van der Waals surface area contributed by atoms with Crippen LogP contribution in [-0.4, -0.2) is 72.2 Å². The number of carbonyl (C=O) groups excluding carboxylic acids is 1. The first-order valence-corrected chi connectivity index (χ1v) is 11.2. The Hall–Kier alpha value is -2.43. The topological polar surface area (TPSA) is 73.8 Å². The molecule has 0 saturated carbocycles. The minimum Gasteiger partial charge on any atom is -0.335 e. The molecule has 2 aromatic rings. The molecule has 7 nitrogen and oxygen atoms in total. The molecule has 0 N–H and O–H groups in total. The lowest BCUT2D eigenvalue weighted by Gasteiger charge is -2.36. The van der Waals surface area contributed by atoms with E-state index >= 15 is 0 Å². The Balaban J connectivity index is 1.39. The van der Waals surface area contributed by atoms with Crippen molar-refractivity contribution >= 4 is 15.9 Å². The quantitative estimate of drug-likeness (QED) is 0.710. The van der Waals surface area contributed by atoms with Crippen molar-refractivity contribution in [3.8, 4) is 0 Å². The molecule has 160 valence electrons. The highest BCUT2D eigenvalue weighted by molar-refractivity contribution is 7.89. The normalized spacial score (nSPS) is 21.3. The monoisotopic (exact) mass is 436 g/mol. The number of likely N-dealkylation sites (tertiary alicyclic amines) is 1. The zero-order chi connectivity index (χ0) is 21.3. The lowest BCUT2D eigenvalue weighted by Crippen LogP contribution is -2.53. The van der Waals surface area contributed by atoms with Crippen LogP contribution in [0.2, 0.25) is 0 Å². The summed E-state index contributed by atoms with van der Waals surface area (Å²) in [6.45, 7) is 2.00. The van der Waals surface area contributed by atoms with E-state index in [0.717, 1.165) is 22.1 Å². The molecule has 2 aliphatic rings. The van der Waals surface area contributed by atoms with Gasteiger partial charge in [0.15, 0.2) is 0 Å². The van der Waals surface area contributed by atoms with Crippen molar-refractivity contribution in [1.29, 1.82) is 0 Å². The number of hydrogen-bond donors (Lipinski definition) is 0. The van der Waals surface area contributed by atoms with E-state index in [1.165, 1.54) is 0 Å². The van der Waals surface area contributed by atoms with Crippen molar-refractivity contribution in [3.05, 3.63) is 59.9 Å². The number of pyridine rings is 1. The number of benzene rings is 1. The molecule has 2 fully saturated rings. The van der Waals surface area contributed by atoms with Gasteiger partial charge in [0.05, 0.1) is 18.3 Å². The smallest absolute Gasteiger partial charge is 0.246 e. The maximum absolute atomic E-state index is 14.0. The Morgan fingerprint density at radius 1 is 1.03 bits per heavy atom. The second-order valence-corrected chi connectivity index (χ2v) is 9.31. The van der Waals surface area contributed by atoms with Crippen LogP contribution in [0, 0.1) is 11.6 Å². The summed E-state index contributed by atoms with van der Waals surface area (Å²) < 4.78 is 54.0. The molecule has 1 aromatic carbocycles. The summed E-state index contributed by atoms with van der Waals surface area (Å²) in [5.41, 5.74) is 0.819. The van der Waals surface area contributed by atoms with Crippen LogP contribution in [0.1, 0.15) is 12.1 Å². The van der Waals surface area contributed by atoms with Crippen molar-refractivity contribution in [2.45, 2.75) is 23.9 Å². The molecule has 1 unspecified atom stereocenters. The van der Waals surface area contributed by atoms with Gasteiger partial charge in [-0.3, -0.25) is 14.7 Å². The van der Waals surface area contributed by atoms with Gasteiger partial charge in [0, 0.05) is 38.9 Å². The maximum atomic E-state index is 14.0. The third-order valence-electron chi connectivity index (χ3n) is 5.57. The van der Waals surface area contributed by atoms with Gasteiger partial charge in [0.2, 0.25) is 15.9 Å². The van der Waals surface area contributed by atoms with Gasteiger partial charge in [0.25, 0.3) is 0 Å². The van der Waals surface area contributed by atoms with Crippen molar-refractivity contribution in [1.82, 2.24) is 19.1 Å². The molecular weight excluding hydrogens is 414 g/mol. The Bertz CT molecular complexity index is 1030. The summed E-state index contributed by atoms with van der Waals surface area (Å²) in [6, 6.07) is 7.66. The molecule has 30 heavy (non-hydrogen) atoms. The zero-order valence-electron chi connectivity index (χ0n) is 16.2. The molecule has 10 heteroatoms. The molecule has 3 heterocycles. The number of hydrogen-bond acceptors (Lipinski definition) is 5. The lowest BCUT2D eigenvalue weighted by molar-refractivity contribution is -0.133. The minimum atomic E-state index is -4.14. The van der Waals surface area contributed by atoms with Crippen molar-refractivity contribution < 1.29 is 22.0 Å². The predicted octanol–water partition coefficient (Wildman–Crippen LogP) is 1.47. The highest BCUT2D eigenvalue weighted by atomic mass is 32.2. The second kappa shape index (κ2) is 8.37. The van der Waals surface area contributed by atoms with Gasteiger partial charge in [-0.25, -0.2) is 17.2 Å². The number of aromatic nitrogens is 1. The van der Waals surface area contributed by atoms with Crippen LogP contribution in [0.4, 0.5) is 8.78 Å². The summed E-state index contributed by atoms with van der Waals surface area (Å²) in [7, 11) is -4.14. The molecule has 0 spiro atoms. The fourth-order valence-electron chi connectivity index (χ4n) is 3.98. The number of nitrogens with zero attached hydrogens (tertiary/aromatic N) is 4. The fraction of sp³-hybridized carbons (Fsp3) is 0.400. The van der Waals surface area contributed by atoms with E-state index in [0.29, 0.717) is 38.7 Å².